The number of pyridine rings is 1. The molecule has 0 radical (unpaired) electrons. The van der Waals surface area contributed by atoms with Crippen LogP contribution >= 0.6 is 23.2 Å². The van der Waals surface area contributed by atoms with Crippen molar-refractivity contribution in [2.45, 2.75) is 13.3 Å². The van der Waals surface area contributed by atoms with E-state index in [4.69, 9.17) is 23.2 Å². The van der Waals surface area contributed by atoms with Crippen molar-refractivity contribution in [3.63, 3.8) is 0 Å². The third kappa shape index (κ3) is 4.68. The van der Waals surface area contributed by atoms with Crippen LogP contribution in [0.15, 0.2) is 36.5 Å². The summed E-state index contributed by atoms with van der Waals surface area (Å²) in [5, 5.41) is 6.18. The Labute approximate surface area is 144 Å². The molecule has 0 spiro atoms. The van der Waals surface area contributed by atoms with Gasteiger partial charge in [0.15, 0.2) is 0 Å². The molecule has 2 N–H and O–H groups in total. The summed E-state index contributed by atoms with van der Waals surface area (Å²) in [5.74, 6) is -0.719. The number of rotatable bonds is 5. The van der Waals surface area contributed by atoms with Gasteiger partial charge < -0.3 is 10.6 Å². The van der Waals surface area contributed by atoms with Crippen molar-refractivity contribution in [2.75, 3.05) is 11.9 Å². The molecule has 7 heteroatoms. The number of halogens is 2. The maximum absolute atomic E-state index is 12.3. The fourth-order valence-corrected chi connectivity index (χ4v) is 2.15. The van der Waals surface area contributed by atoms with Gasteiger partial charge >= 0.3 is 0 Å². The molecule has 1 aromatic heterocycles. The average molecular weight is 352 g/mol. The van der Waals surface area contributed by atoms with E-state index in [1.54, 1.807) is 24.3 Å². The lowest BCUT2D eigenvalue weighted by atomic mass is 10.2. The van der Waals surface area contributed by atoms with Crippen LogP contribution < -0.4 is 10.6 Å². The first-order valence-corrected chi connectivity index (χ1v) is 7.77. The summed E-state index contributed by atoms with van der Waals surface area (Å²) in [5.41, 5.74) is 0.868. The van der Waals surface area contributed by atoms with Crippen LogP contribution in [0.25, 0.3) is 0 Å². The number of anilines is 1. The number of aromatic nitrogens is 1. The summed E-state index contributed by atoms with van der Waals surface area (Å²) < 4.78 is 0. The maximum atomic E-state index is 12.3. The highest BCUT2D eigenvalue weighted by molar-refractivity contribution is 6.35. The predicted molar refractivity (Wildman–Crippen MR) is 91.3 cm³/mol. The van der Waals surface area contributed by atoms with E-state index in [1.165, 1.54) is 12.3 Å². The molecule has 0 fully saturated rings. The van der Waals surface area contributed by atoms with Crippen LogP contribution in [0.4, 0.5) is 5.69 Å². The van der Waals surface area contributed by atoms with Crippen molar-refractivity contribution < 1.29 is 9.59 Å². The number of benzene rings is 1. The molecule has 0 aliphatic rings. The highest BCUT2D eigenvalue weighted by Gasteiger charge is 2.13. The van der Waals surface area contributed by atoms with Gasteiger partial charge in [-0.15, -0.1) is 0 Å². The molecule has 2 amide bonds. The summed E-state index contributed by atoms with van der Waals surface area (Å²) >= 11 is 11.9. The fourth-order valence-electron chi connectivity index (χ4n) is 1.82. The summed E-state index contributed by atoms with van der Waals surface area (Å²) in [6.45, 7) is 2.53. The smallest absolute Gasteiger partial charge is 0.274 e. The van der Waals surface area contributed by atoms with Gasteiger partial charge in [0.25, 0.3) is 11.8 Å². The fraction of sp³-hybridized carbons (Fsp3) is 0.188. The van der Waals surface area contributed by atoms with Gasteiger partial charge in [0.05, 0.1) is 10.7 Å². The largest absolute Gasteiger partial charge is 0.352 e. The first kappa shape index (κ1) is 17.2. The second kappa shape index (κ2) is 7.94. The van der Waals surface area contributed by atoms with Crippen LogP contribution in [0.1, 0.15) is 34.2 Å². The van der Waals surface area contributed by atoms with E-state index >= 15 is 0 Å². The number of carbonyl (C=O) groups excluding carboxylic acids is 2. The molecule has 0 unspecified atom stereocenters. The zero-order valence-corrected chi connectivity index (χ0v) is 13.9. The number of hydrogen-bond acceptors (Lipinski definition) is 3. The van der Waals surface area contributed by atoms with E-state index in [9.17, 15) is 9.59 Å². The van der Waals surface area contributed by atoms with Gasteiger partial charge in [-0.1, -0.05) is 30.1 Å². The van der Waals surface area contributed by atoms with Gasteiger partial charge in [-0.25, -0.2) is 0 Å². The van der Waals surface area contributed by atoms with Gasteiger partial charge in [-0.05, 0) is 36.8 Å². The monoisotopic (exact) mass is 351 g/mol. The van der Waals surface area contributed by atoms with Crippen molar-refractivity contribution in [1.29, 1.82) is 0 Å². The lowest BCUT2D eigenvalue weighted by Crippen LogP contribution is -2.24. The molecular weight excluding hydrogens is 337 g/mol. The first-order valence-electron chi connectivity index (χ1n) is 7.02. The average Bonchev–Trinajstić information content (AvgIpc) is 2.56. The van der Waals surface area contributed by atoms with E-state index in [1.807, 2.05) is 6.92 Å². The van der Waals surface area contributed by atoms with Crippen LogP contribution in [-0.2, 0) is 0 Å². The molecule has 2 rings (SSSR count). The zero-order valence-electron chi connectivity index (χ0n) is 12.4. The maximum Gasteiger partial charge on any atom is 0.274 e. The predicted octanol–water partition coefficient (Wildman–Crippen LogP) is 3.78. The van der Waals surface area contributed by atoms with E-state index in [0.717, 1.165) is 6.42 Å². The Balaban J connectivity index is 2.16. The standard InChI is InChI=1S/C16H15Cl2N3O2/c1-2-6-20-15(22)10-5-7-19-14(8-10)16(23)21-13-9-11(17)3-4-12(13)18/h3-5,7-9H,2,6H2,1H3,(H,20,22)(H,21,23). The lowest BCUT2D eigenvalue weighted by molar-refractivity contribution is 0.0953. The molecular formula is C16H15Cl2N3O2. The number of carbonyl (C=O) groups is 2. The Kier molecular flexibility index (Phi) is 5.96. The second-order valence-electron chi connectivity index (χ2n) is 4.76. The zero-order chi connectivity index (χ0) is 16.8. The minimum atomic E-state index is -0.473. The Bertz CT molecular complexity index is 735. The SMILES string of the molecule is CCCNC(=O)c1ccnc(C(=O)Nc2cc(Cl)ccc2Cl)c1. The van der Waals surface area contributed by atoms with Crippen LogP contribution in [0.2, 0.25) is 10.0 Å². The Morgan fingerprint density at radius 3 is 2.65 bits per heavy atom. The molecule has 0 bridgehead atoms. The molecule has 1 heterocycles. The first-order chi connectivity index (χ1) is 11.0. The normalized spacial score (nSPS) is 10.2. The van der Waals surface area contributed by atoms with Gasteiger partial charge in [-0.2, -0.15) is 0 Å². The molecule has 23 heavy (non-hydrogen) atoms. The molecule has 2 aromatic rings. The molecule has 0 atom stereocenters. The number of amides is 2. The van der Waals surface area contributed by atoms with Crippen LogP contribution in [0.3, 0.4) is 0 Å². The number of hydrogen-bond donors (Lipinski definition) is 2. The molecule has 5 nitrogen and oxygen atoms in total. The molecule has 0 aliphatic heterocycles. The minimum Gasteiger partial charge on any atom is -0.352 e. The lowest BCUT2D eigenvalue weighted by Gasteiger charge is -2.08. The summed E-state index contributed by atoms with van der Waals surface area (Å²) in [4.78, 5) is 28.2. The van der Waals surface area contributed by atoms with Crippen LogP contribution in [0, 0.1) is 0 Å². The van der Waals surface area contributed by atoms with Crippen LogP contribution in [-0.4, -0.2) is 23.3 Å². The van der Waals surface area contributed by atoms with E-state index in [0.29, 0.717) is 27.8 Å². The van der Waals surface area contributed by atoms with Crippen molar-refractivity contribution in [3.05, 3.63) is 57.8 Å². The third-order valence-corrected chi connectivity index (χ3v) is 3.53. The molecule has 0 aliphatic carbocycles. The third-order valence-electron chi connectivity index (χ3n) is 2.97. The molecule has 120 valence electrons. The van der Waals surface area contributed by atoms with E-state index < -0.39 is 5.91 Å². The topological polar surface area (TPSA) is 71.1 Å². The number of nitrogens with one attached hydrogen (secondary N) is 2. The van der Waals surface area contributed by atoms with Crippen molar-refractivity contribution >= 4 is 40.7 Å². The highest BCUT2D eigenvalue weighted by Crippen LogP contribution is 2.25. The van der Waals surface area contributed by atoms with Gasteiger partial charge in [0, 0.05) is 23.3 Å². The summed E-state index contributed by atoms with van der Waals surface area (Å²) in [7, 11) is 0. The number of nitrogens with zero attached hydrogens (tertiary/aromatic N) is 1. The Morgan fingerprint density at radius 1 is 1.13 bits per heavy atom. The highest BCUT2D eigenvalue weighted by atomic mass is 35.5. The van der Waals surface area contributed by atoms with Crippen molar-refractivity contribution in [2.24, 2.45) is 0 Å². The molecule has 0 saturated heterocycles. The van der Waals surface area contributed by atoms with Gasteiger partial charge in [0.1, 0.15) is 5.69 Å². The Hall–Kier alpha value is -2.11. The molecule has 1 aromatic carbocycles. The van der Waals surface area contributed by atoms with Gasteiger partial charge in [0.2, 0.25) is 0 Å². The van der Waals surface area contributed by atoms with E-state index in [2.05, 4.69) is 15.6 Å². The quantitative estimate of drug-likeness (QED) is 0.860. The van der Waals surface area contributed by atoms with Gasteiger partial charge in [-0.3, -0.25) is 14.6 Å². The minimum absolute atomic E-state index is 0.116. The van der Waals surface area contributed by atoms with Crippen molar-refractivity contribution in [1.82, 2.24) is 10.3 Å². The van der Waals surface area contributed by atoms with Crippen molar-refractivity contribution in [3.8, 4) is 0 Å². The summed E-state index contributed by atoms with van der Waals surface area (Å²) in [6, 6.07) is 7.73. The summed E-state index contributed by atoms with van der Waals surface area (Å²) in [6.07, 6.45) is 2.24. The van der Waals surface area contributed by atoms with Crippen LogP contribution in [0.5, 0.6) is 0 Å². The second-order valence-corrected chi connectivity index (χ2v) is 5.61. The Morgan fingerprint density at radius 2 is 1.91 bits per heavy atom. The van der Waals surface area contributed by atoms with E-state index in [-0.39, 0.29) is 11.6 Å². The molecule has 0 saturated carbocycles.